The van der Waals surface area contributed by atoms with Crippen LogP contribution in [-0.4, -0.2) is 23.1 Å². The smallest absolute Gasteiger partial charge is 0.391 e. The van der Waals surface area contributed by atoms with Gasteiger partial charge in [-0.3, -0.25) is 4.79 Å². The fraction of sp³-hybridized carbons (Fsp3) is 0.538. The fourth-order valence-electron chi connectivity index (χ4n) is 2.48. The van der Waals surface area contributed by atoms with Gasteiger partial charge in [0.25, 0.3) is 5.91 Å². The van der Waals surface area contributed by atoms with Crippen molar-refractivity contribution in [3.05, 3.63) is 24.0 Å². The minimum absolute atomic E-state index is 0.0571. The van der Waals surface area contributed by atoms with Crippen molar-refractivity contribution in [3.8, 4) is 0 Å². The van der Waals surface area contributed by atoms with Crippen molar-refractivity contribution >= 4 is 11.6 Å². The Morgan fingerprint density at radius 3 is 2.80 bits per heavy atom. The minimum atomic E-state index is -4.20. The molecule has 4 nitrogen and oxygen atoms in total. The molecule has 1 aliphatic carbocycles. The Kier molecular flexibility index (Phi) is 4.15. The third kappa shape index (κ3) is 3.40. The summed E-state index contributed by atoms with van der Waals surface area (Å²) < 4.78 is 38.1. The molecule has 1 aromatic rings. The molecule has 1 saturated carbocycles. The molecular weight excluding hydrogens is 271 g/mol. The van der Waals surface area contributed by atoms with Crippen LogP contribution in [0.5, 0.6) is 0 Å². The average molecular weight is 287 g/mol. The molecule has 1 fully saturated rings. The van der Waals surface area contributed by atoms with E-state index in [0.29, 0.717) is 12.8 Å². The summed E-state index contributed by atoms with van der Waals surface area (Å²) in [6, 6.07) is 2.64. The summed E-state index contributed by atoms with van der Waals surface area (Å²) in [4.78, 5) is 15.8. The van der Waals surface area contributed by atoms with Crippen molar-refractivity contribution in [2.75, 3.05) is 5.73 Å². The number of carbonyl (C=O) groups is 1. The van der Waals surface area contributed by atoms with E-state index in [1.165, 1.54) is 12.3 Å². The van der Waals surface area contributed by atoms with Crippen LogP contribution in [0.15, 0.2) is 18.3 Å². The van der Waals surface area contributed by atoms with Crippen LogP contribution in [0.3, 0.4) is 0 Å². The van der Waals surface area contributed by atoms with Crippen molar-refractivity contribution < 1.29 is 18.0 Å². The molecule has 3 N–H and O–H groups in total. The molecule has 0 bridgehead atoms. The standard InChI is InChI=1S/C13H16F3N3O/c14-13(15,16)8-3-1-4-9(7-8)19-12(20)11-10(17)5-2-6-18-11/h2,5-6,8-9H,1,3-4,7,17H2,(H,19,20). The molecule has 1 aliphatic rings. The zero-order valence-corrected chi connectivity index (χ0v) is 10.8. The lowest BCUT2D eigenvalue weighted by Gasteiger charge is -2.31. The number of hydrogen-bond acceptors (Lipinski definition) is 3. The zero-order chi connectivity index (χ0) is 14.8. The number of aromatic nitrogens is 1. The first-order valence-electron chi connectivity index (χ1n) is 6.46. The summed E-state index contributed by atoms with van der Waals surface area (Å²) in [6.45, 7) is 0. The average Bonchev–Trinajstić information content (AvgIpc) is 2.38. The third-order valence-electron chi connectivity index (χ3n) is 3.53. The molecule has 1 amide bonds. The number of pyridine rings is 1. The van der Waals surface area contributed by atoms with Crippen molar-refractivity contribution in [2.24, 2.45) is 5.92 Å². The van der Waals surface area contributed by atoms with Crippen molar-refractivity contribution in [1.29, 1.82) is 0 Å². The van der Waals surface area contributed by atoms with Gasteiger partial charge in [0.1, 0.15) is 0 Å². The van der Waals surface area contributed by atoms with Gasteiger partial charge in [0, 0.05) is 12.2 Å². The van der Waals surface area contributed by atoms with E-state index in [-0.39, 0.29) is 24.2 Å². The maximum atomic E-state index is 12.7. The second kappa shape index (κ2) is 5.68. The summed E-state index contributed by atoms with van der Waals surface area (Å²) in [5.74, 6) is -1.86. The largest absolute Gasteiger partial charge is 0.397 e. The molecule has 1 heterocycles. The second-order valence-corrected chi connectivity index (χ2v) is 5.02. The number of nitrogens with zero attached hydrogens (tertiary/aromatic N) is 1. The maximum Gasteiger partial charge on any atom is 0.391 e. The fourth-order valence-corrected chi connectivity index (χ4v) is 2.48. The van der Waals surface area contributed by atoms with Gasteiger partial charge >= 0.3 is 6.18 Å². The van der Waals surface area contributed by atoms with Crippen LogP contribution in [-0.2, 0) is 0 Å². The quantitative estimate of drug-likeness (QED) is 0.878. The van der Waals surface area contributed by atoms with Crippen molar-refractivity contribution in [1.82, 2.24) is 10.3 Å². The number of alkyl halides is 3. The monoisotopic (exact) mass is 287 g/mol. The summed E-state index contributed by atoms with van der Waals surface area (Å²) in [5, 5.41) is 2.60. The number of nitrogen functional groups attached to an aromatic ring is 1. The second-order valence-electron chi connectivity index (χ2n) is 5.02. The van der Waals surface area contributed by atoms with Gasteiger partial charge < -0.3 is 11.1 Å². The van der Waals surface area contributed by atoms with Gasteiger partial charge in [-0.2, -0.15) is 13.2 Å². The molecule has 0 saturated heterocycles. The SMILES string of the molecule is Nc1cccnc1C(=O)NC1CCCC(C(F)(F)F)C1. The van der Waals surface area contributed by atoms with E-state index in [9.17, 15) is 18.0 Å². The van der Waals surface area contributed by atoms with E-state index in [2.05, 4.69) is 10.3 Å². The number of amides is 1. The van der Waals surface area contributed by atoms with Gasteiger partial charge in [0.05, 0.1) is 11.6 Å². The molecule has 110 valence electrons. The highest BCUT2D eigenvalue weighted by Crippen LogP contribution is 2.37. The van der Waals surface area contributed by atoms with Crippen LogP contribution in [0, 0.1) is 5.92 Å². The van der Waals surface area contributed by atoms with Crippen LogP contribution in [0.2, 0.25) is 0 Å². The molecule has 7 heteroatoms. The molecule has 0 radical (unpaired) electrons. The Balaban J connectivity index is 2.00. The lowest BCUT2D eigenvalue weighted by molar-refractivity contribution is -0.183. The van der Waals surface area contributed by atoms with Gasteiger partial charge in [-0.1, -0.05) is 6.42 Å². The molecule has 1 aromatic heterocycles. The number of halogens is 3. The van der Waals surface area contributed by atoms with Crippen LogP contribution in [0.1, 0.15) is 36.2 Å². The minimum Gasteiger partial charge on any atom is -0.397 e. The zero-order valence-electron chi connectivity index (χ0n) is 10.8. The first-order valence-corrected chi connectivity index (χ1v) is 6.46. The Morgan fingerprint density at radius 1 is 1.40 bits per heavy atom. The van der Waals surface area contributed by atoms with Crippen LogP contribution < -0.4 is 11.1 Å². The molecule has 0 aromatic carbocycles. The molecule has 20 heavy (non-hydrogen) atoms. The highest BCUT2D eigenvalue weighted by Gasteiger charge is 2.42. The van der Waals surface area contributed by atoms with E-state index in [1.54, 1.807) is 6.07 Å². The predicted molar refractivity (Wildman–Crippen MR) is 67.9 cm³/mol. The van der Waals surface area contributed by atoms with Crippen LogP contribution in [0.4, 0.5) is 18.9 Å². The Labute approximate surface area is 114 Å². The van der Waals surface area contributed by atoms with Crippen LogP contribution in [0.25, 0.3) is 0 Å². The number of rotatable bonds is 2. The lowest BCUT2D eigenvalue weighted by Crippen LogP contribution is -2.42. The van der Waals surface area contributed by atoms with E-state index >= 15 is 0 Å². The number of nitrogens with two attached hydrogens (primary N) is 1. The lowest BCUT2D eigenvalue weighted by atomic mass is 9.85. The maximum absolute atomic E-state index is 12.7. The molecular formula is C13H16F3N3O. The van der Waals surface area contributed by atoms with Gasteiger partial charge in [-0.05, 0) is 31.4 Å². The van der Waals surface area contributed by atoms with E-state index in [0.717, 1.165) is 0 Å². The van der Waals surface area contributed by atoms with Crippen LogP contribution >= 0.6 is 0 Å². The molecule has 2 atom stereocenters. The first kappa shape index (κ1) is 14.6. The number of hydrogen-bond donors (Lipinski definition) is 2. The van der Waals surface area contributed by atoms with Crippen molar-refractivity contribution in [2.45, 2.75) is 37.9 Å². The predicted octanol–water partition coefficient (Wildman–Crippen LogP) is 2.51. The molecule has 0 spiro atoms. The molecule has 0 aliphatic heterocycles. The summed E-state index contributed by atoms with van der Waals surface area (Å²) in [7, 11) is 0. The third-order valence-corrected chi connectivity index (χ3v) is 3.53. The normalized spacial score (nSPS) is 23.4. The number of carbonyl (C=O) groups excluding carboxylic acids is 1. The first-order chi connectivity index (χ1) is 9.38. The molecule has 2 unspecified atom stereocenters. The number of nitrogens with one attached hydrogen (secondary N) is 1. The Hall–Kier alpha value is -1.79. The van der Waals surface area contributed by atoms with Gasteiger partial charge in [0.2, 0.25) is 0 Å². The summed E-state index contributed by atoms with van der Waals surface area (Å²) in [6.07, 6.45) is -1.74. The summed E-state index contributed by atoms with van der Waals surface area (Å²) in [5.41, 5.74) is 5.89. The highest BCUT2D eigenvalue weighted by molar-refractivity contribution is 5.97. The van der Waals surface area contributed by atoms with E-state index in [1.807, 2.05) is 0 Å². The Morgan fingerprint density at radius 2 is 2.15 bits per heavy atom. The van der Waals surface area contributed by atoms with Gasteiger partial charge in [-0.25, -0.2) is 4.98 Å². The van der Waals surface area contributed by atoms with Gasteiger partial charge in [-0.15, -0.1) is 0 Å². The molecule has 2 rings (SSSR count). The van der Waals surface area contributed by atoms with E-state index < -0.39 is 24.0 Å². The number of anilines is 1. The Bertz CT molecular complexity index is 490. The van der Waals surface area contributed by atoms with E-state index in [4.69, 9.17) is 5.73 Å². The summed E-state index contributed by atoms with van der Waals surface area (Å²) >= 11 is 0. The van der Waals surface area contributed by atoms with Gasteiger partial charge in [0.15, 0.2) is 5.69 Å². The van der Waals surface area contributed by atoms with Crippen molar-refractivity contribution in [3.63, 3.8) is 0 Å². The topological polar surface area (TPSA) is 68.0 Å². The highest BCUT2D eigenvalue weighted by atomic mass is 19.4.